The van der Waals surface area contributed by atoms with Gasteiger partial charge in [-0.2, -0.15) is 0 Å². The van der Waals surface area contributed by atoms with E-state index in [4.69, 9.17) is 9.47 Å². The first-order chi connectivity index (χ1) is 20.0. The lowest BCUT2D eigenvalue weighted by Gasteiger charge is -2.31. The van der Waals surface area contributed by atoms with Crippen molar-refractivity contribution in [2.75, 3.05) is 32.9 Å². The summed E-state index contributed by atoms with van der Waals surface area (Å²) in [7, 11) is 0. The van der Waals surface area contributed by atoms with Crippen LogP contribution >= 0.6 is 0 Å². The van der Waals surface area contributed by atoms with Crippen LogP contribution in [-0.4, -0.2) is 79.6 Å². The molecule has 3 N–H and O–H groups in total. The molecule has 41 heavy (non-hydrogen) atoms. The Bertz CT molecular complexity index is 988. The molecule has 0 radical (unpaired) electrons. The molecule has 1 aromatic rings. The predicted octanol–water partition coefficient (Wildman–Crippen LogP) is 3.09. The van der Waals surface area contributed by atoms with Crippen molar-refractivity contribution in [2.45, 2.75) is 95.4 Å². The third-order valence-corrected chi connectivity index (χ3v) is 8.40. The highest BCUT2D eigenvalue weighted by Gasteiger charge is 2.33. The van der Waals surface area contributed by atoms with E-state index in [0.717, 1.165) is 63.4 Å². The SMILES string of the molecule is O=C(NC1CCCCC1)C(=O)C(COCc1ccccc1)NC(=O)C(CC1CCCCC1)NC(=O)N1CCOCC1. The number of benzene rings is 1. The minimum absolute atomic E-state index is 0.0337. The number of urea groups is 1. The topological polar surface area (TPSA) is 126 Å². The normalized spacial score (nSPS) is 20.0. The first-order valence-corrected chi connectivity index (χ1v) is 15.4. The van der Waals surface area contributed by atoms with Gasteiger partial charge in [-0.05, 0) is 30.7 Å². The molecule has 4 amide bonds. The van der Waals surface area contributed by atoms with Crippen LogP contribution in [0.4, 0.5) is 4.79 Å². The van der Waals surface area contributed by atoms with Gasteiger partial charge in [0, 0.05) is 19.1 Å². The van der Waals surface area contributed by atoms with Crippen molar-refractivity contribution in [2.24, 2.45) is 5.92 Å². The van der Waals surface area contributed by atoms with Crippen molar-refractivity contribution >= 4 is 23.6 Å². The molecule has 1 heterocycles. The van der Waals surface area contributed by atoms with Crippen LogP contribution in [0, 0.1) is 5.92 Å². The zero-order valence-corrected chi connectivity index (χ0v) is 24.1. The van der Waals surface area contributed by atoms with Crippen LogP contribution in [0.5, 0.6) is 0 Å². The van der Waals surface area contributed by atoms with E-state index in [1.165, 1.54) is 6.42 Å². The second-order valence-electron chi connectivity index (χ2n) is 11.6. The summed E-state index contributed by atoms with van der Waals surface area (Å²) in [5, 5.41) is 8.58. The van der Waals surface area contributed by atoms with Crippen molar-refractivity contribution in [1.82, 2.24) is 20.9 Å². The molecule has 2 aliphatic carbocycles. The standard InChI is InChI=1S/C31H46N4O6/c36-28(30(38)32-25-14-8-3-9-15-25)27(22-41-21-24-12-6-2-7-13-24)33-29(37)26(20-23-10-4-1-5-11-23)34-31(39)35-16-18-40-19-17-35/h2,6-7,12-13,23,25-27H,1,3-5,8-11,14-22H2,(H,32,38)(H,33,37)(H,34,39). The largest absolute Gasteiger partial charge is 0.378 e. The number of rotatable bonds is 12. The number of ketones is 1. The third-order valence-electron chi connectivity index (χ3n) is 8.40. The number of nitrogens with one attached hydrogen (secondary N) is 3. The highest BCUT2D eigenvalue weighted by molar-refractivity contribution is 6.38. The van der Waals surface area contributed by atoms with Crippen molar-refractivity contribution < 1.29 is 28.7 Å². The Hall–Kier alpha value is -2.98. The van der Waals surface area contributed by atoms with Gasteiger partial charge in [0.15, 0.2) is 0 Å². The molecular formula is C31H46N4O6. The number of hydrogen-bond acceptors (Lipinski definition) is 6. The molecule has 0 aromatic heterocycles. The van der Waals surface area contributed by atoms with Gasteiger partial charge in [0.2, 0.25) is 11.7 Å². The molecule has 0 spiro atoms. The number of carbonyl (C=O) groups excluding carboxylic acids is 4. The molecule has 2 atom stereocenters. The molecule has 3 aliphatic rings. The Morgan fingerprint density at radius 1 is 0.854 bits per heavy atom. The summed E-state index contributed by atoms with van der Waals surface area (Å²) in [5.41, 5.74) is 0.921. The molecule has 1 saturated heterocycles. The van der Waals surface area contributed by atoms with E-state index >= 15 is 0 Å². The zero-order valence-electron chi connectivity index (χ0n) is 24.1. The molecule has 0 bridgehead atoms. The lowest BCUT2D eigenvalue weighted by Crippen LogP contribution is -2.58. The van der Waals surface area contributed by atoms with Gasteiger partial charge in [-0.3, -0.25) is 14.4 Å². The Morgan fingerprint density at radius 3 is 2.20 bits per heavy atom. The van der Waals surface area contributed by atoms with Crippen LogP contribution in [0.25, 0.3) is 0 Å². The second-order valence-corrected chi connectivity index (χ2v) is 11.6. The molecule has 1 aromatic carbocycles. The maximum absolute atomic E-state index is 13.7. The van der Waals surface area contributed by atoms with E-state index in [1.807, 2.05) is 30.3 Å². The first kappa shape index (κ1) is 31.0. The van der Waals surface area contributed by atoms with Gasteiger partial charge in [0.05, 0.1) is 26.4 Å². The van der Waals surface area contributed by atoms with E-state index < -0.39 is 29.7 Å². The van der Waals surface area contributed by atoms with E-state index in [9.17, 15) is 19.2 Å². The number of carbonyl (C=O) groups is 4. The summed E-state index contributed by atoms with van der Waals surface area (Å²) in [6.45, 7) is 1.92. The van der Waals surface area contributed by atoms with Gasteiger partial charge in [-0.25, -0.2) is 4.79 Å². The lowest BCUT2D eigenvalue weighted by molar-refractivity contribution is -0.142. The summed E-state index contributed by atoms with van der Waals surface area (Å²) in [6, 6.07) is 7.18. The van der Waals surface area contributed by atoms with Crippen molar-refractivity contribution in [3.63, 3.8) is 0 Å². The van der Waals surface area contributed by atoms with Gasteiger partial charge in [0.25, 0.3) is 5.91 Å². The fraction of sp³-hybridized carbons (Fsp3) is 0.677. The van der Waals surface area contributed by atoms with Crippen molar-refractivity contribution in [1.29, 1.82) is 0 Å². The summed E-state index contributed by atoms with van der Waals surface area (Å²) < 4.78 is 11.2. The monoisotopic (exact) mass is 570 g/mol. The smallest absolute Gasteiger partial charge is 0.318 e. The molecule has 1 aliphatic heterocycles. The van der Waals surface area contributed by atoms with Gasteiger partial charge >= 0.3 is 6.03 Å². The maximum atomic E-state index is 13.7. The molecule has 226 valence electrons. The zero-order chi connectivity index (χ0) is 28.9. The van der Waals surface area contributed by atoms with Gasteiger partial charge in [-0.1, -0.05) is 81.7 Å². The van der Waals surface area contributed by atoms with Crippen LogP contribution in [-0.2, 0) is 30.5 Å². The summed E-state index contributed by atoms with van der Waals surface area (Å²) in [6.07, 6.45) is 10.7. The first-order valence-electron chi connectivity index (χ1n) is 15.4. The number of morpholine rings is 1. The van der Waals surface area contributed by atoms with E-state index in [-0.39, 0.29) is 25.3 Å². The van der Waals surface area contributed by atoms with E-state index in [0.29, 0.717) is 38.6 Å². The van der Waals surface area contributed by atoms with Crippen molar-refractivity contribution in [3.8, 4) is 0 Å². The fourth-order valence-electron chi connectivity index (χ4n) is 5.98. The minimum atomic E-state index is -1.16. The molecular weight excluding hydrogens is 524 g/mol. The lowest BCUT2D eigenvalue weighted by atomic mass is 9.84. The molecule has 10 nitrogen and oxygen atoms in total. The van der Waals surface area contributed by atoms with Crippen LogP contribution < -0.4 is 16.0 Å². The number of nitrogens with zero attached hydrogens (tertiary/aromatic N) is 1. The van der Waals surface area contributed by atoms with Crippen LogP contribution in [0.15, 0.2) is 30.3 Å². The average molecular weight is 571 g/mol. The molecule has 2 unspecified atom stereocenters. The second kappa shape index (κ2) is 16.5. The highest BCUT2D eigenvalue weighted by Crippen LogP contribution is 2.27. The Balaban J connectivity index is 1.43. The van der Waals surface area contributed by atoms with Crippen LogP contribution in [0.3, 0.4) is 0 Å². The number of hydrogen-bond donors (Lipinski definition) is 3. The van der Waals surface area contributed by atoms with E-state index in [1.54, 1.807) is 4.90 Å². The van der Waals surface area contributed by atoms with Crippen molar-refractivity contribution in [3.05, 3.63) is 35.9 Å². The fourth-order valence-corrected chi connectivity index (χ4v) is 5.98. The van der Waals surface area contributed by atoms with Gasteiger partial charge in [-0.15, -0.1) is 0 Å². The summed E-state index contributed by atoms with van der Waals surface area (Å²) in [4.78, 5) is 54.7. The number of amides is 4. The quantitative estimate of drug-likeness (QED) is 0.332. The van der Waals surface area contributed by atoms with Gasteiger partial charge in [0.1, 0.15) is 12.1 Å². The van der Waals surface area contributed by atoms with Crippen LogP contribution in [0.1, 0.15) is 76.2 Å². The average Bonchev–Trinajstić information content (AvgIpc) is 3.01. The van der Waals surface area contributed by atoms with Gasteiger partial charge < -0.3 is 30.3 Å². The Kier molecular flexibility index (Phi) is 12.4. The van der Waals surface area contributed by atoms with Crippen LogP contribution in [0.2, 0.25) is 0 Å². The highest BCUT2D eigenvalue weighted by atomic mass is 16.5. The minimum Gasteiger partial charge on any atom is -0.378 e. The Morgan fingerprint density at radius 2 is 1.51 bits per heavy atom. The molecule has 2 saturated carbocycles. The summed E-state index contributed by atoms with van der Waals surface area (Å²) >= 11 is 0. The number of Topliss-reactive ketones (excluding diaryl/α,β-unsaturated/α-hetero) is 1. The Labute approximate surface area is 243 Å². The molecule has 3 fully saturated rings. The molecule has 10 heteroatoms. The maximum Gasteiger partial charge on any atom is 0.318 e. The van der Waals surface area contributed by atoms with E-state index in [2.05, 4.69) is 16.0 Å². The summed E-state index contributed by atoms with van der Waals surface area (Å²) in [5.74, 6) is -1.59. The third kappa shape index (κ3) is 10.1. The number of ether oxygens (including phenoxy) is 2. The molecule has 4 rings (SSSR count). The predicted molar refractivity (Wildman–Crippen MR) is 154 cm³/mol.